The standard InChI is InChI=1S/C32H48O4/c1-8-15-32(33)16-13-24-22-26(30(2,3)4)9-11-28(24)35-20-18-34-19-21-36-29-12-10-27(31(5,6)7)23-25(29)14-17-32/h9-12,22-23,33H,8,13-21H2,1-7H3. The van der Waals surface area contributed by atoms with Gasteiger partial charge in [-0.3, -0.25) is 0 Å². The van der Waals surface area contributed by atoms with E-state index in [0.717, 1.165) is 37.2 Å². The molecule has 200 valence electrons. The summed E-state index contributed by atoms with van der Waals surface area (Å²) in [6.45, 7) is 17.6. The lowest BCUT2D eigenvalue weighted by Crippen LogP contribution is -2.30. The van der Waals surface area contributed by atoms with Gasteiger partial charge in [-0.2, -0.15) is 0 Å². The van der Waals surface area contributed by atoms with E-state index in [2.05, 4.69) is 84.9 Å². The lowest BCUT2D eigenvalue weighted by Gasteiger charge is -2.30. The molecule has 4 heteroatoms. The first kappa shape index (κ1) is 28.5. The van der Waals surface area contributed by atoms with Crippen molar-refractivity contribution in [3.05, 3.63) is 58.7 Å². The van der Waals surface area contributed by atoms with E-state index < -0.39 is 5.60 Å². The molecule has 2 aromatic rings. The smallest absolute Gasteiger partial charge is 0.122 e. The quantitative estimate of drug-likeness (QED) is 0.479. The zero-order valence-corrected chi connectivity index (χ0v) is 23.7. The van der Waals surface area contributed by atoms with E-state index in [-0.39, 0.29) is 10.8 Å². The van der Waals surface area contributed by atoms with Crippen molar-refractivity contribution in [1.29, 1.82) is 0 Å². The van der Waals surface area contributed by atoms with Crippen molar-refractivity contribution in [2.45, 2.75) is 103 Å². The Balaban J connectivity index is 1.92. The number of aryl methyl sites for hydroxylation is 2. The Labute approximate surface area is 219 Å². The molecule has 0 bridgehead atoms. The van der Waals surface area contributed by atoms with E-state index in [1.807, 2.05) is 0 Å². The Morgan fingerprint density at radius 3 is 1.56 bits per heavy atom. The van der Waals surface area contributed by atoms with E-state index in [1.54, 1.807) is 0 Å². The van der Waals surface area contributed by atoms with Crippen LogP contribution < -0.4 is 9.47 Å². The van der Waals surface area contributed by atoms with E-state index in [0.29, 0.717) is 39.3 Å². The largest absolute Gasteiger partial charge is 0.491 e. The second kappa shape index (κ2) is 12.0. The minimum absolute atomic E-state index is 0.0571. The molecule has 0 amide bonds. The van der Waals surface area contributed by atoms with Crippen LogP contribution in [0, 0.1) is 0 Å². The third kappa shape index (κ3) is 7.98. The highest BCUT2D eigenvalue weighted by molar-refractivity contribution is 5.41. The minimum Gasteiger partial charge on any atom is -0.491 e. The van der Waals surface area contributed by atoms with Gasteiger partial charge in [-0.05, 0) is 77.3 Å². The molecule has 2 aromatic carbocycles. The summed E-state index contributed by atoms with van der Waals surface area (Å²) in [5, 5.41) is 11.8. The molecule has 3 rings (SSSR count). The van der Waals surface area contributed by atoms with Crippen LogP contribution >= 0.6 is 0 Å². The van der Waals surface area contributed by atoms with Gasteiger partial charge in [-0.1, -0.05) is 79.2 Å². The summed E-state index contributed by atoms with van der Waals surface area (Å²) in [6, 6.07) is 13.0. The Hall–Kier alpha value is -2.04. The van der Waals surface area contributed by atoms with Gasteiger partial charge < -0.3 is 19.3 Å². The van der Waals surface area contributed by atoms with E-state index in [1.165, 1.54) is 22.3 Å². The first-order valence-electron chi connectivity index (χ1n) is 13.7. The van der Waals surface area contributed by atoms with Crippen molar-refractivity contribution in [3.8, 4) is 11.5 Å². The topological polar surface area (TPSA) is 47.9 Å². The highest BCUT2D eigenvalue weighted by atomic mass is 16.5. The Bertz CT molecular complexity index is 907. The summed E-state index contributed by atoms with van der Waals surface area (Å²) >= 11 is 0. The summed E-state index contributed by atoms with van der Waals surface area (Å²) in [4.78, 5) is 0. The van der Waals surface area contributed by atoms with Crippen LogP contribution in [0.15, 0.2) is 36.4 Å². The molecule has 0 fully saturated rings. The number of benzene rings is 2. The van der Waals surface area contributed by atoms with Crippen molar-refractivity contribution < 1.29 is 19.3 Å². The summed E-state index contributed by atoms with van der Waals surface area (Å²) < 4.78 is 18.1. The monoisotopic (exact) mass is 496 g/mol. The number of rotatable bonds is 2. The molecule has 0 aromatic heterocycles. The summed E-state index contributed by atoms with van der Waals surface area (Å²) in [5.74, 6) is 1.79. The zero-order valence-electron chi connectivity index (χ0n) is 23.7. The highest BCUT2D eigenvalue weighted by Gasteiger charge is 2.28. The van der Waals surface area contributed by atoms with Crippen LogP contribution in [0.5, 0.6) is 11.5 Å². The average Bonchev–Trinajstić information content (AvgIpc) is 2.80. The maximum Gasteiger partial charge on any atom is 0.122 e. The number of hydrogen-bond donors (Lipinski definition) is 1. The number of hydrogen-bond acceptors (Lipinski definition) is 4. The second-order valence-electron chi connectivity index (χ2n) is 12.4. The summed E-state index contributed by atoms with van der Waals surface area (Å²) in [7, 11) is 0. The predicted octanol–water partition coefficient (Wildman–Crippen LogP) is 7.17. The molecule has 1 N–H and O–H groups in total. The van der Waals surface area contributed by atoms with Crippen LogP contribution in [0.3, 0.4) is 0 Å². The van der Waals surface area contributed by atoms with Gasteiger partial charge in [0, 0.05) is 0 Å². The summed E-state index contributed by atoms with van der Waals surface area (Å²) in [6.07, 6.45) is 4.70. The first-order valence-corrected chi connectivity index (χ1v) is 13.7. The molecule has 1 aliphatic rings. The van der Waals surface area contributed by atoms with Gasteiger partial charge in [0.1, 0.15) is 24.7 Å². The van der Waals surface area contributed by atoms with Crippen molar-refractivity contribution in [3.63, 3.8) is 0 Å². The molecule has 0 atom stereocenters. The van der Waals surface area contributed by atoms with Crippen LogP contribution in [0.25, 0.3) is 0 Å². The van der Waals surface area contributed by atoms with Crippen LogP contribution in [-0.2, 0) is 28.4 Å². The Kier molecular flexibility index (Phi) is 9.51. The molecule has 0 aliphatic carbocycles. The molecule has 36 heavy (non-hydrogen) atoms. The van der Waals surface area contributed by atoms with E-state index >= 15 is 0 Å². The predicted molar refractivity (Wildman–Crippen MR) is 149 cm³/mol. The van der Waals surface area contributed by atoms with Crippen LogP contribution in [-0.4, -0.2) is 37.1 Å². The normalized spacial score (nSPS) is 17.9. The number of aliphatic hydroxyl groups is 1. The lowest BCUT2D eigenvalue weighted by molar-refractivity contribution is 0.0136. The minimum atomic E-state index is -0.737. The third-order valence-electron chi connectivity index (χ3n) is 7.26. The van der Waals surface area contributed by atoms with Gasteiger partial charge >= 0.3 is 0 Å². The lowest BCUT2D eigenvalue weighted by atomic mass is 9.82. The van der Waals surface area contributed by atoms with Gasteiger partial charge in [-0.25, -0.2) is 0 Å². The van der Waals surface area contributed by atoms with Crippen molar-refractivity contribution in [2.75, 3.05) is 26.4 Å². The fourth-order valence-electron chi connectivity index (χ4n) is 4.86. The molecule has 1 aliphatic heterocycles. The Morgan fingerprint density at radius 2 is 1.17 bits per heavy atom. The number of ether oxygens (including phenoxy) is 3. The highest BCUT2D eigenvalue weighted by Crippen LogP contribution is 2.34. The molecular weight excluding hydrogens is 448 g/mol. The van der Waals surface area contributed by atoms with Gasteiger partial charge in [0.15, 0.2) is 0 Å². The molecular formula is C32H48O4. The molecule has 1 heterocycles. The number of fused-ring (bicyclic) bond motifs is 2. The zero-order chi connectivity index (χ0) is 26.4. The van der Waals surface area contributed by atoms with Crippen molar-refractivity contribution in [2.24, 2.45) is 0 Å². The molecule has 4 nitrogen and oxygen atoms in total. The van der Waals surface area contributed by atoms with Crippen LogP contribution in [0.1, 0.15) is 96.4 Å². The first-order chi connectivity index (χ1) is 16.9. The van der Waals surface area contributed by atoms with Crippen LogP contribution in [0.4, 0.5) is 0 Å². The van der Waals surface area contributed by atoms with Crippen molar-refractivity contribution >= 4 is 0 Å². The van der Waals surface area contributed by atoms with E-state index in [9.17, 15) is 5.11 Å². The van der Waals surface area contributed by atoms with Gasteiger partial charge in [0.25, 0.3) is 0 Å². The third-order valence-corrected chi connectivity index (χ3v) is 7.26. The van der Waals surface area contributed by atoms with E-state index in [4.69, 9.17) is 14.2 Å². The maximum atomic E-state index is 11.8. The summed E-state index contributed by atoms with van der Waals surface area (Å²) in [5.41, 5.74) is 4.29. The SMILES string of the molecule is CCCC1(O)CCc2cc(C(C)(C)C)ccc2OCCOCCOc2ccc(C(C)(C)C)cc2CC1. The molecule has 0 spiro atoms. The second-order valence-corrected chi connectivity index (χ2v) is 12.4. The van der Waals surface area contributed by atoms with Crippen molar-refractivity contribution in [1.82, 2.24) is 0 Å². The van der Waals surface area contributed by atoms with Gasteiger partial charge in [-0.15, -0.1) is 0 Å². The maximum absolute atomic E-state index is 11.8. The molecule has 0 saturated carbocycles. The fraction of sp³-hybridized carbons (Fsp3) is 0.625. The molecule has 0 saturated heterocycles. The van der Waals surface area contributed by atoms with Gasteiger partial charge in [0.05, 0.1) is 18.8 Å². The van der Waals surface area contributed by atoms with Crippen LogP contribution in [0.2, 0.25) is 0 Å². The molecule has 0 unspecified atom stereocenters. The average molecular weight is 497 g/mol. The molecule has 0 radical (unpaired) electrons. The Morgan fingerprint density at radius 1 is 0.722 bits per heavy atom. The van der Waals surface area contributed by atoms with Gasteiger partial charge in [0.2, 0.25) is 0 Å². The fourth-order valence-corrected chi connectivity index (χ4v) is 4.86.